The van der Waals surface area contributed by atoms with Gasteiger partial charge in [0.2, 0.25) is 0 Å². The lowest BCUT2D eigenvalue weighted by molar-refractivity contribution is 0.249. The molecule has 0 radical (unpaired) electrons. The number of aromatic nitrogens is 2. The monoisotopic (exact) mass is 395 g/mol. The molecular weight excluding hydrogens is 374 g/mol. The zero-order chi connectivity index (χ0) is 17.1. The summed E-state index contributed by atoms with van der Waals surface area (Å²) in [5.74, 6) is 0.894. The first kappa shape index (κ1) is 17.5. The first-order valence-electron chi connectivity index (χ1n) is 8.71. The fraction of sp³-hybridized carbons (Fsp3) is 0.529. The summed E-state index contributed by atoms with van der Waals surface area (Å²) in [6.07, 6.45) is 5.91. The molecular formula is C17H22ClN5S2. The van der Waals surface area contributed by atoms with Gasteiger partial charge in [0.1, 0.15) is 11.0 Å². The largest absolute Gasteiger partial charge is 0.353 e. The summed E-state index contributed by atoms with van der Waals surface area (Å²) >= 11 is 9.68. The van der Waals surface area contributed by atoms with Gasteiger partial charge in [0.25, 0.3) is 0 Å². The molecule has 0 unspecified atom stereocenters. The molecule has 4 rings (SSSR count). The molecule has 2 aliphatic heterocycles. The highest BCUT2D eigenvalue weighted by Gasteiger charge is 2.21. The van der Waals surface area contributed by atoms with Crippen LogP contribution in [0.5, 0.6) is 0 Å². The highest BCUT2D eigenvalue weighted by Crippen LogP contribution is 2.38. The summed E-state index contributed by atoms with van der Waals surface area (Å²) in [4.78, 5) is 14.8. The van der Waals surface area contributed by atoms with E-state index in [1.165, 1.54) is 36.4 Å². The van der Waals surface area contributed by atoms with Crippen molar-refractivity contribution in [2.45, 2.75) is 24.3 Å². The van der Waals surface area contributed by atoms with Gasteiger partial charge in [-0.1, -0.05) is 11.6 Å². The third-order valence-corrected chi connectivity index (χ3v) is 6.97. The van der Waals surface area contributed by atoms with E-state index in [9.17, 15) is 0 Å². The Morgan fingerprint density at radius 3 is 2.68 bits per heavy atom. The molecule has 5 nitrogen and oxygen atoms in total. The van der Waals surface area contributed by atoms with Gasteiger partial charge in [-0.15, -0.1) is 0 Å². The normalized spacial score (nSPS) is 18.7. The lowest BCUT2D eigenvalue weighted by Gasteiger charge is -2.35. The van der Waals surface area contributed by atoms with Crippen LogP contribution in [-0.4, -0.2) is 58.4 Å². The van der Waals surface area contributed by atoms with E-state index >= 15 is 0 Å². The summed E-state index contributed by atoms with van der Waals surface area (Å²) in [6.45, 7) is 7.65. The Morgan fingerprint density at radius 2 is 1.88 bits per heavy atom. The molecule has 0 aromatic carbocycles. The summed E-state index contributed by atoms with van der Waals surface area (Å²) < 4.78 is 2.49. The van der Waals surface area contributed by atoms with Crippen LogP contribution in [0.1, 0.15) is 18.4 Å². The van der Waals surface area contributed by atoms with Crippen molar-refractivity contribution >= 4 is 40.7 Å². The predicted octanol–water partition coefficient (Wildman–Crippen LogP) is 3.62. The molecule has 25 heavy (non-hydrogen) atoms. The maximum absolute atomic E-state index is 5.94. The number of halogens is 1. The van der Waals surface area contributed by atoms with Crippen molar-refractivity contribution in [3.63, 3.8) is 0 Å². The zero-order valence-electron chi connectivity index (χ0n) is 14.1. The molecule has 8 heteroatoms. The van der Waals surface area contributed by atoms with Gasteiger partial charge < -0.3 is 4.90 Å². The molecule has 2 aliphatic rings. The second kappa shape index (κ2) is 8.22. The number of piperazine rings is 1. The van der Waals surface area contributed by atoms with Gasteiger partial charge in [0.15, 0.2) is 0 Å². The molecule has 0 N–H and O–H groups in total. The predicted molar refractivity (Wildman–Crippen MR) is 106 cm³/mol. The Kier molecular flexibility index (Phi) is 5.77. The van der Waals surface area contributed by atoms with E-state index in [1.54, 1.807) is 12.4 Å². The van der Waals surface area contributed by atoms with Crippen LogP contribution in [0.25, 0.3) is 0 Å². The molecule has 0 saturated carbocycles. The summed E-state index contributed by atoms with van der Waals surface area (Å²) in [7, 11) is 0. The molecule has 4 heterocycles. The Hall–Kier alpha value is -0.860. The van der Waals surface area contributed by atoms with Crippen molar-refractivity contribution in [2.75, 3.05) is 44.2 Å². The second-order valence-corrected chi connectivity index (χ2v) is 8.72. The zero-order valence-corrected chi connectivity index (χ0v) is 16.5. The Labute approximate surface area is 162 Å². The van der Waals surface area contributed by atoms with Gasteiger partial charge in [-0.25, -0.2) is 9.29 Å². The Balaban J connectivity index is 1.13. The van der Waals surface area contributed by atoms with Crippen LogP contribution in [0.2, 0.25) is 5.15 Å². The average molecular weight is 396 g/mol. The summed E-state index contributed by atoms with van der Waals surface area (Å²) in [6, 6.07) is 0. The van der Waals surface area contributed by atoms with E-state index in [0.29, 0.717) is 5.15 Å². The smallest absolute Gasteiger partial charge is 0.149 e. The van der Waals surface area contributed by atoms with E-state index in [-0.39, 0.29) is 0 Å². The highest BCUT2D eigenvalue weighted by atomic mass is 35.5. The quantitative estimate of drug-likeness (QED) is 0.549. The average Bonchev–Trinajstić information content (AvgIpc) is 3.21. The van der Waals surface area contributed by atoms with Crippen LogP contribution in [0.3, 0.4) is 0 Å². The van der Waals surface area contributed by atoms with Gasteiger partial charge >= 0.3 is 0 Å². The van der Waals surface area contributed by atoms with Gasteiger partial charge in [-0.05, 0) is 42.3 Å². The minimum absolute atomic E-state index is 0.467. The van der Waals surface area contributed by atoms with E-state index in [0.717, 1.165) is 38.5 Å². The molecule has 1 saturated heterocycles. The SMILES string of the molecule is Clc1cncc(N2CCN(CCCCN3Cc4cscc4S3)CC2)n1. The number of nitrogens with zero attached hydrogens (tertiary/aromatic N) is 5. The Morgan fingerprint density at radius 1 is 1.04 bits per heavy atom. The number of fused-ring (bicyclic) bond motifs is 1. The fourth-order valence-corrected chi connectivity index (χ4v) is 5.51. The first-order chi connectivity index (χ1) is 12.3. The minimum Gasteiger partial charge on any atom is -0.353 e. The summed E-state index contributed by atoms with van der Waals surface area (Å²) in [5, 5.41) is 5.02. The van der Waals surface area contributed by atoms with Crippen molar-refractivity contribution in [3.05, 3.63) is 33.9 Å². The molecule has 1 fully saturated rings. The van der Waals surface area contributed by atoms with E-state index < -0.39 is 0 Å². The van der Waals surface area contributed by atoms with E-state index in [2.05, 4.69) is 34.8 Å². The van der Waals surface area contributed by atoms with Crippen LogP contribution in [0.4, 0.5) is 5.82 Å². The first-order valence-corrected chi connectivity index (χ1v) is 10.8. The van der Waals surface area contributed by atoms with Crippen molar-refractivity contribution in [1.82, 2.24) is 19.2 Å². The molecule has 2 aromatic rings. The van der Waals surface area contributed by atoms with E-state index in [4.69, 9.17) is 11.6 Å². The van der Waals surface area contributed by atoms with E-state index in [1.807, 2.05) is 23.3 Å². The number of rotatable bonds is 6. The molecule has 0 aliphatic carbocycles. The van der Waals surface area contributed by atoms with Crippen molar-refractivity contribution in [2.24, 2.45) is 0 Å². The standard InChI is InChI=1S/C17H22ClN5S2/c18-16-9-19-10-17(20-16)22-7-5-21(6-8-22)3-1-2-4-23-11-14-12-24-13-15(14)25-23/h9-10,12-13H,1-8,11H2. The maximum atomic E-state index is 5.94. The second-order valence-electron chi connectivity index (χ2n) is 6.45. The highest BCUT2D eigenvalue weighted by molar-refractivity contribution is 7.97. The maximum Gasteiger partial charge on any atom is 0.149 e. The lowest BCUT2D eigenvalue weighted by Crippen LogP contribution is -2.47. The number of anilines is 1. The summed E-state index contributed by atoms with van der Waals surface area (Å²) in [5.41, 5.74) is 1.51. The van der Waals surface area contributed by atoms with Gasteiger partial charge in [-0.3, -0.25) is 9.88 Å². The minimum atomic E-state index is 0.467. The number of thiophene rings is 1. The third-order valence-electron chi connectivity index (χ3n) is 4.70. The van der Waals surface area contributed by atoms with Crippen LogP contribution in [0.15, 0.2) is 28.0 Å². The van der Waals surface area contributed by atoms with Crippen LogP contribution < -0.4 is 4.90 Å². The van der Waals surface area contributed by atoms with Crippen molar-refractivity contribution in [1.29, 1.82) is 0 Å². The topological polar surface area (TPSA) is 35.5 Å². The van der Waals surface area contributed by atoms with Crippen LogP contribution >= 0.6 is 34.9 Å². The molecule has 134 valence electrons. The van der Waals surface area contributed by atoms with Gasteiger partial charge in [-0.2, -0.15) is 11.3 Å². The molecule has 0 spiro atoms. The number of unbranched alkanes of at least 4 members (excludes halogenated alkanes) is 1. The molecule has 0 atom stereocenters. The molecule has 2 aromatic heterocycles. The molecule has 0 amide bonds. The fourth-order valence-electron chi connectivity index (χ4n) is 3.30. The number of hydrogen-bond donors (Lipinski definition) is 0. The molecule has 0 bridgehead atoms. The lowest BCUT2D eigenvalue weighted by atomic mass is 10.2. The van der Waals surface area contributed by atoms with Crippen molar-refractivity contribution in [3.8, 4) is 0 Å². The van der Waals surface area contributed by atoms with Gasteiger partial charge in [0, 0.05) is 49.5 Å². The van der Waals surface area contributed by atoms with Gasteiger partial charge in [0.05, 0.1) is 12.4 Å². The number of hydrogen-bond acceptors (Lipinski definition) is 7. The third kappa shape index (κ3) is 4.46. The van der Waals surface area contributed by atoms with Crippen LogP contribution in [0, 0.1) is 0 Å². The van der Waals surface area contributed by atoms with Crippen LogP contribution in [-0.2, 0) is 6.54 Å². The van der Waals surface area contributed by atoms with Crippen molar-refractivity contribution < 1.29 is 0 Å². The Bertz CT molecular complexity index is 681.